The minimum atomic E-state index is -1.17. The van der Waals surface area contributed by atoms with Crippen molar-refractivity contribution in [3.63, 3.8) is 0 Å². The number of alkyl halides is 1. The second-order valence-corrected chi connectivity index (χ2v) is 3.05. The summed E-state index contributed by atoms with van der Waals surface area (Å²) >= 11 is 3.29. The minimum Gasteiger partial charge on any atom is -0.301 e. The summed E-state index contributed by atoms with van der Waals surface area (Å²) in [6.45, 7) is 1.59. The molecule has 1 unspecified atom stereocenters. The van der Waals surface area contributed by atoms with Crippen molar-refractivity contribution in [2.24, 2.45) is 0 Å². The van der Waals surface area contributed by atoms with Gasteiger partial charge in [0.1, 0.15) is 0 Å². The lowest BCUT2D eigenvalue weighted by Gasteiger charge is -2.18. The van der Waals surface area contributed by atoms with Gasteiger partial charge in [0.2, 0.25) is 0 Å². The molecule has 1 atom stereocenters. The van der Waals surface area contributed by atoms with E-state index in [2.05, 4.69) is 15.9 Å². The van der Waals surface area contributed by atoms with Gasteiger partial charge in [0.15, 0.2) is 0 Å². The monoisotopic (exact) mass is 224 g/mol. The van der Waals surface area contributed by atoms with Crippen molar-refractivity contribution in [1.82, 2.24) is 0 Å². The fourth-order valence-corrected chi connectivity index (χ4v) is 1.39. The van der Waals surface area contributed by atoms with Crippen molar-refractivity contribution >= 4 is 15.9 Å². The van der Waals surface area contributed by atoms with E-state index in [4.69, 9.17) is 18.9 Å². The summed E-state index contributed by atoms with van der Waals surface area (Å²) in [4.78, 5) is 0. The molecule has 0 aromatic carbocycles. The van der Waals surface area contributed by atoms with E-state index in [1.54, 1.807) is 0 Å². The molecule has 2 rings (SSSR count). The molecule has 4 nitrogen and oxygen atoms in total. The molecule has 2 fully saturated rings. The van der Waals surface area contributed by atoms with E-state index in [0.29, 0.717) is 19.8 Å². The number of ether oxygens (including phenoxy) is 4. The molecular formula is C6H9BrO4. The molecule has 11 heavy (non-hydrogen) atoms. The summed E-state index contributed by atoms with van der Waals surface area (Å²) in [5.74, 6) is 0. The lowest BCUT2D eigenvalue weighted by Crippen LogP contribution is -2.31. The second kappa shape index (κ2) is 2.99. The van der Waals surface area contributed by atoms with Crippen LogP contribution in [0.1, 0.15) is 0 Å². The van der Waals surface area contributed by atoms with Crippen LogP contribution in [0, 0.1) is 0 Å². The predicted molar refractivity (Wildman–Crippen MR) is 39.3 cm³/mol. The van der Waals surface area contributed by atoms with Crippen LogP contribution in [0.5, 0.6) is 0 Å². The van der Waals surface area contributed by atoms with Gasteiger partial charge >= 0.3 is 6.16 Å². The van der Waals surface area contributed by atoms with E-state index >= 15 is 0 Å². The molecule has 0 aliphatic carbocycles. The summed E-state index contributed by atoms with van der Waals surface area (Å²) in [7, 11) is 0. The molecule has 0 saturated carbocycles. The average molecular weight is 225 g/mol. The van der Waals surface area contributed by atoms with Gasteiger partial charge in [-0.3, -0.25) is 4.74 Å². The van der Waals surface area contributed by atoms with Crippen LogP contribution >= 0.6 is 15.9 Å². The number of halogens is 1. The van der Waals surface area contributed by atoms with Crippen molar-refractivity contribution in [3.8, 4) is 0 Å². The Balaban J connectivity index is 1.96. The van der Waals surface area contributed by atoms with Crippen LogP contribution in [-0.4, -0.2) is 37.4 Å². The lowest BCUT2D eigenvalue weighted by atomic mass is 10.5. The molecule has 0 aromatic heterocycles. The van der Waals surface area contributed by atoms with Gasteiger partial charge in [-0.05, 0) is 0 Å². The van der Waals surface area contributed by atoms with Crippen molar-refractivity contribution in [2.75, 3.05) is 25.2 Å². The molecule has 1 spiro atoms. The highest BCUT2D eigenvalue weighted by molar-refractivity contribution is 9.09. The van der Waals surface area contributed by atoms with Crippen LogP contribution < -0.4 is 0 Å². The van der Waals surface area contributed by atoms with Gasteiger partial charge in [-0.1, -0.05) is 15.9 Å². The summed E-state index contributed by atoms with van der Waals surface area (Å²) < 4.78 is 20.8. The van der Waals surface area contributed by atoms with Crippen molar-refractivity contribution in [1.29, 1.82) is 0 Å². The smallest absolute Gasteiger partial charge is 0.301 e. The van der Waals surface area contributed by atoms with Gasteiger partial charge in [0, 0.05) is 5.33 Å². The fraction of sp³-hybridized carbons (Fsp3) is 1.00. The predicted octanol–water partition coefficient (Wildman–Crippen LogP) is 0.455. The zero-order valence-corrected chi connectivity index (χ0v) is 7.50. The van der Waals surface area contributed by atoms with Gasteiger partial charge in [0.05, 0.1) is 25.9 Å². The first-order valence-electron chi connectivity index (χ1n) is 3.50. The Morgan fingerprint density at radius 2 is 2.00 bits per heavy atom. The number of hydrogen-bond acceptors (Lipinski definition) is 4. The Kier molecular flexibility index (Phi) is 2.16. The first-order valence-corrected chi connectivity index (χ1v) is 4.62. The third kappa shape index (κ3) is 1.43. The molecular weight excluding hydrogens is 216 g/mol. The summed E-state index contributed by atoms with van der Waals surface area (Å²) in [5.41, 5.74) is 0. The highest BCUT2D eigenvalue weighted by Crippen LogP contribution is 2.30. The van der Waals surface area contributed by atoms with Crippen molar-refractivity contribution in [2.45, 2.75) is 12.3 Å². The van der Waals surface area contributed by atoms with E-state index < -0.39 is 6.16 Å². The standard InChI is InChI=1S/C6H9BrO4/c7-3-5-4-10-6(11-5)8-1-2-9-6/h5H,1-4H2. The van der Waals surface area contributed by atoms with E-state index in [-0.39, 0.29) is 6.10 Å². The quantitative estimate of drug-likeness (QED) is 0.607. The third-order valence-corrected chi connectivity index (χ3v) is 2.29. The van der Waals surface area contributed by atoms with Crippen LogP contribution in [0.3, 0.4) is 0 Å². The Morgan fingerprint density at radius 1 is 1.27 bits per heavy atom. The molecule has 0 radical (unpaired) electrons. The second-order valence-electron chi connectivity index (χ2n) is 2.40. The normalized spacial score (nSPS) is 35.2. The maximum absolute atomic E-state index is 5.35. The van der Waals surface area contributed by atoms with Gasteiger partial charge in [-0.25, -0.2) is 0 Å². The third-order valence-electron chi connectivity index (χ3n) is 1.57. The van der Waals surface area contributed by atoms with E-state index in [0.717, 1.165) is 5.33 Å². The van der Waals surface area contributed by atoms with E-state index in [1.807, 2.05) is 0 Å². The van der Waals surface area contributed by atoms with E-state index in [9.17, 15) is 0 Å². The Morgan fingerprint density at radius 3 is 2.55 bits per heavy atom. The molecule has 2 aliphatic rings. The van der Waals surface area contributed by atoms with Gasteiger partial charge < -0.3 is 14.2 Å². The summed E-state index contributed by atoms with van der Waals surface area (Å²) in [6.07, 6.45) is -1.13. The highest BCUT2D eigenvalue weighted by atomic mass is 79.9. The highest BCUT2D eigenvalue weighted by Gasteiger charge is 2.47. The minimum absolute atomic E-state index is 0.0353. The molecule has 64 valence electrons. The van der Waals surface area contributed by atoms with Crippen molar-refractivity contribution in [3.05, 3.63) is 0 Å². The zero-order chi connectivity index (χ0) is 7.73. The largest absolute Gasteiger partial charge is 0.413 e. The zero-order valence-electron chi connectivity index (χ0n) is 5.92. The molecule has 5 heteroatoms. The Labute approximate surface area is 72.9 Å². The fourth-order valence-electron chi connectivity index (χ4n) is 1.07. The molecule has 2 heterocycles. The maximum atomic E-state index is 5.35. The molecule has 2 saturated heterocycles. The van der Waals surface area contributed by atoms with Gasteiger partial charge in [-0.2, -0.15) is 0 Å². The molecule has 0 amide bonds. The lowest BCUT2D eigenvalue weighted by molar-refractivity contribution is -0.425. The topological polar surface area (TPSA) is 36.9 Å². The first-order chi connectivity index (χ1) is 5.35. The first kappa shape index (κ1) is 7.94. The summed E-state index contributed by atoms with van der Waals surface area (Å²) in [6, 6.07) is 0. The Bertz CT molecular complexity index is 146. The maximum Gasteiger partial charge on any atom is 0.413 e. The Hall–Kier alpha value is 0.320. The molecule has 0 N–H and O–H groups in total. The summed E-state index contributed by atoms with van der Waals surface area (Å²) in [5, 5.41) is 0.738. The molecule has 2 aliphatic heterocycles. The van der Waals surface area contributed by atoms with Gasteiger partial charge in [-0.15, -0.1) is 0 Å². The van der Waals surface area contributed by atoms with Crippen LogP contribution in [-0.2, 0) is 18.9 Å². The van der Waals surface area contributed by atoms with Crippen LogP contribution in [0.4, 0.5) is 0 Å². The number of rotatable bonds is 1. The molecule has 0 bridgehead atoms. The molecule has 0 aromatic rings. The van der Waals surface area contributed by atoms with Crippen LogP contribution in [0.25, 0.3) is 0 Å². The van der Waals surface area contributed by atoms with Crippen LogP contribution in [0.15, 0.2) is 0 Å². The van der Waals surface area contributed by atoms with Gasteiger partial charge in [0.25, 0.3) is 0 Å². The SMILES string of the molecule is BrCC1COC2(OCCO2)O1. The average Bonchev–Trinajstić information content (AvgIpc) is 2.62. The van der Waals surface area contributed by atoms with Crippen LogP contribution in [0.2, 0.25) is 0 Å². The van der Waals surface area contributed by atoms with E-state index in [1.165, 1.54) is 0 Å². The number of hydrogen-bond donors (Lipinski definition) is 0. The van der Waals surface area contributed by atoms with Crippen molar-refractivity contribution < 1.29 is 18.9 Å².